The number of aromatic nitrogens is 3. The fourth-order valence-electron chi connectivity index (χ4n) is 2.33. The molecule has 2 heterocycles. The molecular formula is C17H15N5O2. The molecule has 1 aromatic heterocycles. The number of nitrogens with zero attached hydrogens (tertiary/aromatic N) is 3. The number of anilines is 3. The van der Waals surface area contributed by atoms with Crippen LogP contribution in [0.4, 0.5) is 17.5 Å². The van der Waals surface area contributed by atoms with E-state index in [1.54, 1.807) is 6.20 Å². The van der Waals surface area contributed by atoms with Crippen LogP contribution >= 0.6 is 0 Å². The minimum Gasteiger partial charge on any atom is -0.454 e. The molecule has 2 aromatic carbocycles. The fraction of sp³-hybridized carbons (Fsp3) is 0.118. The number of hydrogen-bond acceptors (Lipinski definition) is 7. The molecule has 0 radical (unpaired) electrons. The Morgan fingerprint density at radius 2 is 1.88 bits per heavy atom. The first-order valence-corrected chi connectivity index (χ1v) is 7.51. The van der Waals surface area contributed by atoms with Gasteiger partial charge in [0, 0.05) is 18.3 Å². The highest BCUT2D eigenvalue weighted by molar-refractivity contribution is 5.60. The van der Waals surface area contributed by atoms with Gasteiger partial charge >= 0.3 is 0 Å². The van der Waals surface area contributed by atoms with Gasteiger partial charge in [0.05, 0.1) is 6.20 Å². The first kappa shape index (κ1) is 14.3. The summed E-state index contributed by atoms with van der Waals surface area (Å²) in [5.41, 5.74) is 1.97. The maximum absolute atomic E-state index is 5.36. The highest BCUT2D eigenvalue weighted by Gasteiger charge is 2.13. The van der Waals surface area contributed by atoms with Crippen LogP contribution in [0.15, 0.2) is 54.7 Å². The van der Waals surface area contributed by atoms with Crippen molar-refractivity contribution < 1.29 is 9.47 Å². The molecule has 7 nitrogen and oxygen atoms in total. The van der Waals surface area contributed by atoms with E-state index in [0.29, 0.717) is 24.1 Å². The van der Waals surface area contributed by atoms with Crippen molar-refractivity contribution in [2.45, 2.75) is 6.54 Å². The molecule has 7 heteroatoms. The molecule has 3 aromatic rings. The number of ether oxygens (including phenoxy) is 2. The molecule has 0 atom stereocenters. The summed E-state index contributed by atoms with van der Waals surface area (Å²) >= 11 is 0. The van der Waals surface area contributed by atoms with Crippen molar-refractivity contribution >= 4 is 17.5 Å². The van der Waals surface area contributed by atoms with E-state index in [1.807, 2.05) is 48.5 Å². The number of hydrogen-bond donors (Lipinski definition) is 2. The first-order valence-electron chi connectivity index (χ1n) is 7.51. The maximum Gasteiger partial charge on any atom is 0.249 e. The minimum atomic E-state index is 0.246. The van der Waals surface area contributed by atoms with Crippen molar-refractivity contribution in [2.75, 3.05) is 17.4 Å². The van der Waals surface area contributed by atoms with E-state index in [9.17, 15) is 0 Å². The van der Waals surface area contributed by atoms with Crippen molar-refractivity contribution in [3.8, 4) is 11.5 Å². The molecular weight excluding hydrogens is 306 g/mol. The van der Waals surface area contributed by atoms with Crippen molar-refractivity contribution in [1.29, 1.82) is 0 Å². The third kappa shape index (κ3) is 3.19. The quantitative estimate of drug-likeness (QED) is 0.747. The van der Waals surface area contributed by atoms with Gasteiger partial charge < -0.3 is 20.1 Å². The van der Waals surface area contributed by atoms with Gasteiger partial charge in [0.15, 0.2) is 17.3 Å². The highest BCUT2D eigenvalue weighted by Crippen LogP contribution is 2.34. The lowest BCUT2D eigenvalue weighted by atomic mass is 10.2. The monoisotopic (exact) mass is 321 g/mol. The molecule has 0 spiro atoms. The van der Waals surface area contributed by atoms with E-state index in [1.165, 1.54) is 5.56 Å². The Morgan fingerprint density at radius 1 is 1.00 bits per heavy atom. The molecule has 120 valence electrons. The van der Waals surface area contributed by atoms with E-state index < -0.39 is 0 Å². The summed E-state index contributed by atoms with van der Waals surface area (Å²) in [5.74, 6) is 2.49. The van der Waals surface area contributed by atoms with Crippen molar-refractivity contribution in [2.24, 2.45) is 0 Å². The molecule has 1 aliphatic heterocycles. The average Bonchev–Trinajstić information content (AvgIpc) is 3.09. The summed E-state index contributed by atoms with van der Waals surface area (Å²) in [4.78, 5) is 4.41. The van der Waals surface area contributed by atoms with Crippen molar-refractivity contribution in [3.05, 3.63) is 60.3 Å². The van der Waals surface area contributed by atoms with Gasteiger partial charge in [-0.3, -0.25) is 0 Å². The lowest BCUT2D eigenvalue weighted by Crippen LogP contribution is -2.05. The van der Waals surface area contributed by atoms with Gasteiger partial charge in [-0.25, -0.2) is 0 Å². The molecule has 0 aliphatic carbocycles. The third-order valence-electron chi connectivity index (χ3n) is 3.50. The van der Waals surface area contributed by atoms with Crippen LogP contribution in [0, 0.1) is 0 Å². The number of rotatable bonds is 5. The summed E-state index contributed by atoms with van der Waals surface area (Å²) < 4.78 is 10.7. The minimum absolute atomic E-state index is 0.246. The summed E-state index contributed by atoms with van der Waals surface area (Å²) in [7, 11) is 0. The first-order chi connectivity index (χ1) is 11.9. The average molecular weight is 321 g/mol. The van der Waals surface area contributed by atoms with Crippen LogP contribution in [0.2, 0.25) is 0 Å². The van der Waals surface area contributed by atoms with E-state index in [4.69, 9.17) is 9.47 Å². The van der Waals surface area contributed by atoms with Crippen LogP contribution in [0.3, 0.4) is 0 Å². The summed E-state index contributed by atoms with van der Waals surface area (Å²) in [6.45, 7) is 0.915. The van der Waals surface area contributed by atoms with Crippen LogP contribution in [-0.4, -0.2) is 22.0 Å². The van der Waals surface area contributed by atoms with Gasteiger partial charge in [0.25, 0.3) is 0 Å². The molecule has 0 saturated heterocycles. The van der Waals surface area contributed by atoms with E-state index in [2.05, 4.69) is 25.8 Å². The van der Waals surface area contributed by atoms with Crippen LogP contribution in [0.25, 0.3) is 0 Å². The Balaban J connectivity index is 1.44. The molecule has 1 aliphatic rings. The van der Waals surface area contributed by atoms with Gasteiger partial charge in [-0.2, -0.15) is 10.1 Å². The third-order valence-corrected chi connectivity index (χ3v) is 3.50. The van der Waals surface area contributed by atoms with E-state index in [-0.39, 0.29) is 6.79 Å². The highest BCUT2D eigenvalue weighted by atomic mass is 16.7. The summed E-state index contributed by atoms with van der Waals surface area (Å²) in [5, 5.41) is 14.3. The number of nitrogens with one attached hydrogen (secondary N) is 2. The molecule has 0 unspecified atom stereocenters. The molecule has 2 N–H and O–H groups in total. The fourth-order valence-corrected chi connectivity index (χ4v) is 2.33. The van der Waals surface area contributed by atoms with E-state index >= 15 is 0 Å². The lowest BCUT2D eigenvalue weighted by molar-refractivity contribution is 0.174. The van der Waals surface area contributed by atoms with Gasteiger partial charge in [0.2, 0.25) is 12.7 Å². The van der Waals surface area contributed by atoms with Crippen LogP contribution < -0.4 is 20.1 Å². The molecule has 0 saturated carbocycles. The maximum atomic E-state index is 5.36. The second-order valence-electron chi connectivity index (χ2n) is 5.20. The van der Waals surface area contributed by atoms with Crippen molar-refractivity contribution in [3.63, 3.8) is 0 Å². The van der Waals surface area contributed by atoms with E-state index in [0.717, 1.165) is 11.4 Å². The zero-order valence-corrected chi connectivity index (χ0v) is 12.8. The zero-order valence-electron chi connectivity index (χ0n) is 12.8. The largest absolute Gasteiger partial charge is 0.454 e. The van der Waals surface area contributed by atoms with Gasteiger partial charge in [-0.1, -0.05) is 30.3 Å². The van der Waals surface area contributed by atoms with Crippen LogP contribution in [0.5, 0.6) is 11.5 Å². The topological polar surface area (TPSA) is 81.2 Å². The smallest absolute Gasteiger partial charge is 0.249 e. The van der Waals surface area contributed by atoms with Gasteiger partial charge in [-0.15, -0.1) is 5.10 Å². The molecule has 4 rings (SSSR count). The SMILES string of the molecule is c1ccc(CNc2cnnc(Nc3ccc4c(c3)OCO4)n2)cc1. The van der Waals surface area contributed by atoms with Crippen molar-refractivity contribution in [1.82, 2.24) is 15.2 Å². The molecule has 0 bridgehead atoms. The summed E-state index contributed by atoms with van der Waals surface area (Å²) in [6.07, 6.45) is 1.59. The predicted molar refractivity (Wildman–Crippen MR) is 89.4 cm³/mol. The van der Waals surface area contributed by atoms with Gasteiger partial charge in [-0.05, 0) is 17.7 Å². The molecule has 0 amide bonds. The Bertz CT molecular complexity index is 841. The van der Waals surface area contributed by atoms with Crippen LogP contribution in [-0.2, 0) is 6.54 Å². The summed E-state index contributed by atoms with van der Waals surface area (Å²) in [6, 6.07) is 15.7. The second kappa shape index (κ2) is 6.41. The zero-order chi connectivity index (χ0) is 16.2. The lowest BCUT2D eigenvalue weighted by Gasteiger charge is -2.08. The standard InChI is InChI=1S/C17H15N5O2/c1-2-4-12(5-3-1)9-18-16-10-19-22-17(21-16)20-13-6-7-14-15(8-13)24-11-23-14/h1-8,10H,9,11H2,(H2,18,20,21,22). The van der Waals surface area contributed by atoms with Gasteiger partial charge in [0.1, 0.15) is 0 Å². The predicted octanol–water partition coefficient (Wildman–Crippen LogP) is 2.96. The Hall–Kier alpha value is -3.35. The number of benzene rings is 2. The molecule has 0 fully saturated rings. The second-order valence-corrected chi connectivity index (χ2v) is 5.20. The Kier molecular flexibility index (Phi) is 3.81. The number of fused-ring (bicyclic) bond motifs is 1. The van der Waals surface area contributed by atoms with Crippen LogP contribution in [0.1, 0.15) is 5.56 Å². The normalized spacial score (nSPS) is 12.0. The Morgan fingerprint density at radius 3 is 2.79 bits per heavy atom. The molecule has 24 heavy (non-hydrogen) atoms. The Labute approximate surface area is 138 Å².